The van der Waals surface area contributed by atoms with Gasteiger partial charge >= 0.3 is 0 Å². The highest BCUT2D eigenvalue weighted by atomic mass is 16.1. The number of nitriles is 1. The Morgan fingerprint density at radius 1 is 1.73 bits per heavy atom. The van der Waals surface area contributed by atoms with Crippen molar-refractivity contribution in [3.05, 3.63) is 0 Å². The molecule has 0 aromatic rings. The van der Waals surface area contributed by atoms with Gasteiger partial charge in [-0.15, -0.1) is 7.41 Å². The number of amides is 1. The lowest BCUT2D eigenvalue weighted by molar-refractivity contribution is -0.120. The average Bonchev–Trinajstić information content (AvgIpc) is 1.87. The molecule has 3 N–H and O–H groups in total. The van der Waals surface area contributed by atoms with Crippen LogP contribution in [0.1, 0.15) is 13.8 Å². The molecule has 0 unspecified atom stereocenters. The molecule has 11 heavy (non-hydrogen) atoms. The molecule has 0 aliphatic rings. The Kier molecular flexibility index (Phi) is 4.31. The lowest BCUT2D eigenvalue weighted by atomic mass is 9.92. The van der Waals surface area contributed by atoms with Crippen LogP contribution in [0.15, 0.2) is 0 Å². The minimum Gasteiger partial charge on any atom is -0.527 e. The quantitative estimate of drug-likeness (QED) is 0.516. The molecule has 0 fully saturated rings. The predicted octanol–water partition coefficient (Wildman–Crippen LogP) is -0.814. The molecule has 0 bridgehead atoms. The molecule has 0 aromatic carbocycles. The monoisotopic (exact) mass is 152 g/mol. The van der Waals surface area contributed by atoms with Gasteiger partial charge in [0.05, 0.1) is 6.04 Å². The summed E-state index contributed by atoms with van der Waals surface area (Å²) in [7, 11) is 1.16. The van der Waals surface area contributed by atoms with Crippen LogP contribution in [-0.2, 0) is 4.79 Å². The summed E-state index contributed by atoms with van der Waals surface area (Å²) in [5, 5.41) is 10.8. The first-order valence-corrected chi connectivity index (χ1v) is 3.36. The Morgan fingerprint density at radius 3 is 2.55 bits per heavy atom. The third kappa shape index (κ3) is 3.63. The molecule has 0 rings (SSSR count). The molecule has 0 saturated heterocycles. The number of rotatable bonds is 4. The third-order valence-electron chi connectivity index (χ3n) is 1.30. The van der Waals surface area contributed by atoms with Crippen LogP contribution in [-0.4, -0.2) is 19.4 Å². The number of primary amides is 1. The van der Waals surface area contributed by atoms with Gasteiger partial charge in [-0.25, -0.2) is 5.97 Å². The van der Waals surface area contributed by atoms with Crippen molar-refractivity contribution in [1.29, 1.82) is 5.26 Å². The van der Waals surface area contributed by atoms with Gasteiger partial charge in [-0.1, -0.05) is 13.8 Å². The zero-order chi connectivity index (χ0) is 8.85. The van der Waals surface area contributed by atoms with Crippen LogP contribution in [0.2, 0.25) is 0 Å². The van der Waals surface area contributed by atoms with Crippen LogP contribution in [0.5, 0.6) is 0 Å². The topological polar surface area (TPSA) is 78.9 Å². The highest BCUT2D eigenvalue weighted by Gasteiger charge is 2.13. The van der Waals surface area contributed by atoms with Gasteiger partial charge in [-0.2, -0.15) is 0 Å². The number of nitrogens with zero attached hydrogens (tertiary/aromatic N) is 1. The maximum atomic E-state index is 10.7. The summed E-state index contributed by atoms with van der Waals surface area (Å²) in [5.41, 5.74) is 5.05. The van der Waals surface area contributed by atoms with Crippen molar-refractivity contribution in [2.75, 3.05) is 0 Å². The predicted molar refractivity (Wildman–Crippen MR) is 42.3 cm³/mol. The molecule has 0 spiro atoms. The maximum Gasteiger partial charge on any atom is 0.231 e. The SMILES string of the molecule is CC(C)[C@H](N[B-]C#N)C(N)=O. The van der Waals surface area contributed by atoms with Gasteiger partial charge < -0.3 is 11.0 Å². The number of nitrogens with one attached hydrogen (secondary N) is 1. The zero-order valence-corrected chi connectivity index (χ0v) is 6.66. The summed E-state index contributed by atoms with van der Waals surface area (Å²) in [6.07, 6.45) is 0. The van der Waals surface area contributed by atoms with E-state index in [1.807, 2.05) is 13.8 Å². The fraction of sp³-hybridized carbons (Fsp3) is 0.667. The van der Waals surface area contributed by atoms with E-state index in [4.69, 9.17) is 11.0 Å². The molecule has 2 radical (unpaired) electrons. The van der Waals surface area contributed by atoms with E-state index in [1.54, 1.807) is 5.97 Å². The number of carbonyl (C=O) groups is 1. The summed E-state index contributed by atoms with van der Waals surface area (Å²) in [5.74, 6) is 1.42. The minimum absolute atomic E-state index is 0.0945. The van der Waals surface area contributed by atoms with Gasteiger partial charge in [-0.3, -0.25) is 10.1 Å². The van der Waals surface area contributed by atoms with Crippen LogP contribution in [0, 0.1) is 17.1 Å². The molecule has 0 aliphatic carbocycles. The molecule has 0 aromatic heterocycles. The van der Waals surface area contributed by atoms with Crippen molar-refractivity contribution in [1.82, 2.24) is 5.23 Å². The largest absolute Gasteiger partial charge is 0.527 e. The maximum absolute atomic E-state index is 10.7. The van der Waals surface area contributed by atoms with E-state index in [2.05, 4.69) is 5.23 Å². The molecule has 0 heterocycles. The van der Waals surface area contributed by atoms with Crippen molar-refractivity contribution in [2.45, 2.75) is 19.9 Å². The normalized spacial score (nSPS) is 12.5. The van der Waals surface area contributed by atoms with Crippen LogP contribution in [0.3, 0.4) is 0 Å². The Hall–Kier alpha value is -1.02. The highest BCUT2D eigenvalue weighted by Crippen LogP contribution is 1.98. The fourth-order valence-corrected chi connectivity index (χ4v) is 0.730. The Labute approximate surface area is 67.0 Å². The fourth-order valence-electron chi connectivity index (χ4n) is 0.730. The summed E-state index contributed by atoms with van der Waals surface area (Å²) in [4.78, 5) is 10.7. The van der Waals surface area contributed by atoms with Crippen molar-refractivity contribution < 1.29 is 4.79 Å². The van der Waals surface area contributed by atoms with Gasteiger partial charge in [0, 0.05) is 0 Å². The Balaban J connectivity index is 3.92. The highest BCUT2D eigenvalue weighted by molar-refractivity contribution is 6.42. The molecule has 0 aliphatic heterocycles. The van der Waals surface area contributed by atoms with E-state index >= 15 is 0 Å². The smallest absolute Gasteiger partial charge is 0.231 e. The van der Waals surface area contributed by atoms with Gasteiger partial charge in [0.25, 0.3) is 0 Å². The van der Waals surface area contributed by atoms with Gasteiger partial charge in [0.15, 0.2) is 0 Å². The second-order valence-electron chi connectivity index (χ2n) is 2.56. The van der Waals surface area contributed by atoms with E-state index in [0.29, 0.717) is 0 Å². The summed E-state index contributed by atoms with van der Waals surface area (Å²) in [6.45, 7) is 3.71. The molecule has 1 atom stereocenters. The van der Waals surface area contributed by atoms with Crippen molar-refractivity contribution >= 4 is 13.3 Å². The number of hydrogen-bond donors (Lipinski definition) is 2. The van der Waals surface area contributed by atoms with Crippen molar-refractivity contribution in [3.8, 4) is 5.97 Å². The Morgan fingerprint density at radius 2 is 2.27 bits per heavy atom. The van der Waals surface area contributed by atoms with Crippen LogP contribution in [0.25, 0.3) is 0 Å². The second-order valence-corrected chi connectivity index (χ2v) is 2.56. The van der Waals surface area contributed by atoms with Gasteiger partial charge in [0.2, 0.25) is 5.91 Å². The van der Waals surface area contributed by atoms with E-state index in [-0.39, 0.29) is 5.92 Å². The zero-order valence-electron chi connectivity index (χ0n) is 6.66. The summed E-state index contributed by atoms with van der Waals surface area (Å²) < 4.78 is 0. The van der Waals surface area contributed by atoms with Gasteiger partial charge in [0.1, 0.15) is 0 Å². The van der Waals surface area contributed by atoms with Crippen LogP contribution in [0.4, 0.5) is 0 Å². The van der Waals surface area contributed by atoms with Crippen LogP contribution >= 0.6 is 0 Å². The van der Waals surface area contributed by atoms with E-state index < -0.39 is 11.9 Å². The summed E-state index contributed by atoms with van der Waals surface area (Å²) in [6, 6.07) is -0.449. The first kappa shape index (κ1) is 9.98. The molecule has 4 nitrogen and oxygen atoms in total. The lowest BCUT2D eigenvalue weighted by Crippen LogP contribution is -2.46. The van der Waals surface area contributed by atoms with Crippen LogP contribution < -0.4 is 11.0 Å². The Bertz CT molecular complexity index is 175. The van der Waals surface area contributed by atoms with E-state index in [0.717, 1.165) is 7.41 Å². The molecule has 1 amide bonds. The molecular formula is C6H11BN3O-. The molecular weight excluding hydrogens is 141 g/mol. The first-order valence-electron chi connectivity index (χ1n) is 3.36. The first-order chi connectivity index (χ1) is 5.09. The minimum atomic E-state index is -0.449. The lowest BCUT2D eigenvalue weighted by Gasteiger charge is -2.24. The average molecular weight is 152 g/mol. The van der Waals surface area contributed by atoms with E-state index in [9.17, 15) is 4.79 Å². The second kappa shape index (κ2) is 4.75. The molecule has 60 valence electrons. The molecule has 0 saturated carbocycles. The molecule has 5 heteroatoms. The third-order valence-corrected chi connectivity index (χ3v) is 1.30. The van der Waals surface area contributed by atoms with Crippen molar-refractivity contribution in [3.63, 3.8) is 0 Å². The van der Waals surface area contributed by atoms with E-state index in [1.165, 1.54) is 0 Å². The number of hydrogen-bond acceptors (Lipinski definition) is 3. The number of nitrogens with two attached hydrogens (primary N) is 1. The number of carbonyl (C=O) groups excluding carboxylic acids is 1. The van der Waals surface area contributed by atoms with Gasteiger partial charge in [-0.05, 0) is 5.92 Å². The standard InChI is InChI=1S/C6H11BN3O/c1-4(2)5(6(9)11)10-7-3-8/h4-5,10H,1-2H3,(H2,9,11)/q-1/t5-/m0/s1. The summed E-state index contributed by atoms with van der Waals surface area (Å²) >= 11 is 0. The van der Waals surface area contributed by atoms with Crippen molar-refractivity contribution in [2.24, 2.45) is 11.7 Å².